The van der Waals surface area contributed by atoms with E-state index in [4.69, 9.17) is 0 Å². The molecule has 0 radical (unpaired) electrons. The van der Waals surface area contributed by atoms with Gasteiger partial charge in [0.1, 0.15) is 16.1 Å². The molecule has 8 aromatic rings. The molecule has 4 aliphatic heterocycles. The van der Waals surface area contributed by atoms with Gasteiger partial charge in [0.25, 0.3) is 0 Å². The topological polar surface area (TPSA) is 6.48 Å². The first-order valence-corrected chi connectivity index (χ1v) is 30.8. The molecule has 0 saturated carbocycles. The maximum atomic E-state index is 4.04. The molecule has 2 saturated heterocycles. The van der Waals surface area contributed by atoms with Crippen molar-refractivity contribution in [3.63, 3.8) is 0 Å². The van der Waals surface area contributed by atoms with E-state index in [2.05, 4.69) is 217 Å². The standard InChI is InChI=1S/C66H58N2Si2/c1-3-4-17-51-45-66(44-46(51)2)56-41-48(29-34-54(56)55-35-33-53(43-57(55)66)68-60-20-7-11-24-64(60)70(38-15-16-39-70)65-25-12-8-21-61(65)68)27-26-47-28-30-50-42-52(32-31-49(50)40-47)67-58-18-5-9-22-62(58)69(36-13-14-37-69)63-23-10-6-19-59(63)67/h3-12,17-35,40-43H,1,13-16,36-39,44-45H2,2H3. The van der Waals surface area contributed by atoms with Crippen molar-refractivity contribution < 1.29 is 0 Å². The largest absolute Gasteiger partial charge is 0.311 e. The first-order valence-electron chi connectivity index (χ1n) is 26.0. The predicted octanol–water partition coefficient (Wildman–Crippen LogP) is 15.4. The summed E-state index contributed by atoms with van der Waals surface area (Å²) in [5.41, 5.74) is 18.9. The van der Waals surface area contributed by atoms with Crippen LogP contribution in [0.25, 0.3) is 34.1 Å². The molecule has 1 atom stereocenters. The zero-order chi connectivity index (χ0) is 46.6. The highest BCUT2D eigenvalue weighted by Gasteiger charge is 2.50. The van der Waals surface area contributed by atoms with Gasteiger partial charge in [-0.3, -0.25) is 0 Å². The number of hydrogen-bond donors (Lipinski definition) is 0. The molecule has 0 N–H and O–H groups in total. The lowest BCUT2D eigenvalue weighted by Crippen LogP contribution is -2.60. The molecular formula is C66H58N2Si2. The number of anilines is 6. The average Bonchev–Trinajstić information content (AvgIpc) is 4.22. The summed E-state index contributed by atoms with van der Waals surface area (Å²) in [5, 5.41) is 9.02. The highest BCUT2D eigenvalue weighted by Crippen LogP contribution is 2.60. The zero-order valence-corrected chi connectivity index (χ0v) is 42.2. The highest BCUT2D eigenvalue weighted by atomic mass is 28.3. The Morgan fingerprint density at radius 3 is 1.46 bits per heavy atom. The van der Waals surface area contributed by atoms with Gasteiger partial charge < -0.3 is 9.80 Å². The van der Waals surface area contributed by atoms with E-state index in [1.54, 1.807) is 20.7 Å². The molecule has 1 unspecified atom stereocenters. The Labute approximate surface area is 415 Å². The van der Waals surface area contributed by atoms with Crippen LogP contribution in [0.3, 0.4) is 0 Å². The van der Waals surface area contributed by atoms with Crippen LogP contribution in [0.4, 0.5) is 34.1 Å². The van der Waals surface area contributed by atoms with Crippen LogP contribution in [0.1, 0.15) is 67.7 Å². The van der Waals surface area contributed by atoms with Gasteiger partial charge in [-0.25, -0.2) is 0 Å². The molecule has 14 rings (SSSR count). The molecule has 2 nitrogen and oxygen atoms in total. The molecule has 3 spiro atoms. The normalized spacial score (nSPS) is 19.9. The lowest BCUT2D eigenvalue weighted by molar-refractivity contribution is 0.560. The summed E-state index contributed by atoms with van der Waals surface area (Å²) in [6.07, 6.45) is 18.4. The molecule has 8 aromatic carbocycles. The first-order chi connectivity index (χ1) is 34.5. The molecule has 4 heteroatoms. The number of nitrogens with zero attached hydrogens (tertiary/aromatic N) is 2. The van der Waals surface area contributed by atoms with Gasteiger partial charge in [-0.05, 0) is 169 Å². The Bertz CT molecular complexity index is 3480. The fourth-order valence-corrected chi connectivity index (χ4v) is 25.8. The Morgan fingerprint density at radius 1 is 0.457 bits per heavy atom. The van der Waals surface area contributed by atoms with E-state index in [1.165, 1.54) is 139 Å². The summed E-state index contributed by atoms with van der Waals surface area (Å²) in [7, 11) is -3.60. The minimum absolute atomic E-state index is 0.151. The van der Waals surface area contributed by atoms with Gasteiger partial charge in [0, 0.05) is 39.5 Å². The van der Waals surface area contributed by atoms with E-state index >= 15 is 0 Å². The molecule has 340 valence electrons. The summed E-state index contributed by atoms with van der Waals surface area (Å²) in [6, 6.07) is 71.7. The number of fused-ring (bicyclic) bond motifs is 14. The van der Waals surface area contributed by atoms with Crippen molar-refractivity contribution in [2.45, 2.75) is 75.0 Å². The van der Waals surface area contributed by atoms with Crippen LogP contribution in [0.2, 0.25) is 24.2 Å². The molecule has 0 bridgehead atoms. The van der Waals surface area contributed by atoms with Crippen molar-refractivity contribution in [3.05, 3.63) is 228 Å². The number of rotatable bonds is 6. The van der Waals surface area contributed by atoms with E-state index < -0.39 is 16.1 Å². The second kappa shape index (κ2) is 16.0. The fraction of sp³-hybridized carbons (Fsp3) is 0.182. The molecule has 0 amide bonds. The van der Waals surface area contributed by atoms with Crippen molar-refractivity contribution in [3.8, 4) is 11.1 Å². The second-order valence-electron chi connectivity index (χ2n) is 21.3. The number of benzene rings is 8. The van der Waals surface area contributed by atoms with E-state index in [0.717, 1.165) is 12.8 Å². The summed E-state index contributed by atoms with van der Waals surface area (Å²) < 4.78 is 0. The van der Waals surface area contributed by atoms with E-state index in [1.807, 2.05) is 6.08 Å². The fourth-order valence-electron chi connectivity index (χ4n) is 14.7. The SMILES string of the molecule is C=CC=CC1=C(C)CC2(C1)c1cc(C=Cc3ccc4cc(N5c6ccccc6[Si]6(CCCC6)c6ccccc65)ccc4c3)ccc1-c1ccc(N3c4ccccc4[Si]4(CCCC4)c4ccccc43)cc12. The van der Waals surface area contributed by atoms with Crippen LogP contribution in [-0.4, -0.2) is 16.1 Å². The lowest BCUT2D eigenvalue weighted by atomic mass is 9.74. The maximum Gasteiger partial charge on any atom is 0.123 e. The maximum absolute atomic E-state index is 4.04. The zero-order valence-electron chi connectivity index (χ0n) is 40.2. The highest BCUT2D eigenvalue weighted by molar-refractivity contribution is 7.05. The molecular weight excluding hydrogens is 877 g/mol. The van der Waals surface area contributed by atoms with Crippen molar-refractivity contribution >= 4 is 93.9 Å². The van der Waals surface area contributed by atoms with Crippen molar-refractivity contribution in [2.24, 2.45) is 0 Å². The van der Waals surface area contributed by atoms with Crippen LogP contribution in [-0.2, 0) is 5.41 Å². The van der Waals surface area contributed by atoms with Crippen LogP contribution in [0, 0.1) is 0 Å². The van der Waals surface area contributed by atoms with E-state index in [9.17, 15) is 0 Å². The van der Waals surface area contributed by atoms with Crippen LogP contribution in [0.15, 0.2) is 206 Å². The van der Waals surface area contributed by atoms with Gasteiger partial charge in [-0.1, -0.05) is 183 Å². The van der Waals surface area contributed by atoms with Gasteiger partial charge >= 0.3 is 0 Å². The third-order valence-corrected chi connectivity index (χ3v) is 28.4. The van der Waals surface area contributed by atoms with Crippen molar-refractivity contribution in [1.29, 1.82) is 0 Å². The Hall–Kier alpha value is -6.99. The third-order valence-electron chi connectivity index (χ3n) is 17.8. The van der Waals surface area contributed by atoms with Crippen LogP contribution >= 0.6 is 0 Å². The lowest BCUT2D eigenvalue weighted by Gasteiger charge is -2.43. The third kappa shape index (κ3) is 6.09. The first kappa shape index (κ1) is 41.9. The Balaban J connectivity index is 0.812. The smallest absolute Gasteiger partial charge is 0.123 e. The predicted molar refractivity (Wildman–Crippen MR) is 304 cm³/mol. The Kier molecular flexibility index (Phi) is 9.60. The van der Waals surface area contributed by atoms with Gasteiger partial charge in [-0.2, -0.15) is 0 Å². The van der Waals surface area contributed by atoms with Gasteiger partial charge in [-0.15, -0.1) is 0 Å². The number of allylic oxidation sites excluding steroid dienone is 5. The summed E-state index contributed by atoms with van der Waals surface area (Å²) in [6.45, 7) is 6.39. The van der Waals surface area contributed by atoms with E-state index in [-0.39, 0.29) is 5.41 Å². The molecule has 4 heterocycles. The van der Waals surface area contributed by atoms with E-state index in [0.29, 0.717) is 0 Å². The summed E-state index contributed by atoms with van der Waals surface area (Å²) >= 11 is 0. The number of hydrogen-bond acceptors (Lipinski definition) is 2. The quantitative estimate of drug-likeness (QED) is 0.0931. The molecule has 0 aromatic heterocycles. The number of para-hydroxylation sites is 4. The second-order valence-corrected chi connectivity index (χ2v) is 29.8. The molecule has 6 aliphatic rings. The van der Waals surface area contributed by atoms with Gasteiger partial charge in [0.15, 0.2) is 0 Å². The average molecular weight is 935 g/mol. The Morgan fingerprint density at radius 2 is 0.900 bits per heavy atom. The van der Waals surface area contributed by atoms with Crippen LogP contribution < -0.4 is 30.5 Å². The monoisotopic (exact) mass is 934 g/mol. The summed E-state index contributed by atoms with van der Waals surface area (Å²) in [4.78, 5) is 5.16. The molecule has 2 fully saturated rings. The summed E-state index contributed by atoms with van der Waals surface area (Å²) in [5.74, 6) is 0. The van der Waals surface area contributed by atoms with Crippen molar-refractivity contribution in [1.82, 2.24) is 0 Å². The van der Waals surface area contributed by atoms with Gasteiger partial charge in [0.05, 0.1) is 0 Å². The van der Waals surface area contributed by atoms with Crippen molar-refractivity contribution in [2.75, 3.05) is 9.80 Å². The molecule has 70 heavy (non-hydrogen) atoms. The minimum Gasteiger partial charge on any atom is -0.311 e. The minimum atomic E-state index is -1.83. The van der Waals surface area contributed by atoms with Crippen LogP contribution in [0.5, 0.6) is 0 Å². The molecule has 2 aliphatic carbocycles. The van der Waals surface area contributed by atoms with Gasteiger partial charge in [0.2, 0.25) is 0 Å².